The molecule has 3 heterocycles. The molecule has 3 aromatic heterocycles. The number of hydrogen-bond acceptors (Lipinski definition) is 7. The fourth-order valence-corrected chi connectivity index (χ4v) is 4.53. The molecule has 12 heteroatoms. The van der Waals surface area contributed by atoms with E-state index >= 15 is 0 Å². The van der Waals surface area contributed by atoms with Gasteiger partial charge in [-0.05, 0) is 30.3 Å². The number of rotatable bonds is 5. The van der Waals surface area contributed by atoms with Gasteiger partial charge in [0, 0.05) is 36.0 Å². The Kier molecular flexibility index (Phi) is 5.48. The molecule has 0 saturated carbocycles. The highest BCUT2D eigenvalue weighted by Crippen LogP contribution is 2.29. The van der Waals surface area contributed by atoms with Crippen molar-refractivity contribution in [3.8, 4) is 11.3 Å². The number of nitrogens with one attached hydrogen (secondary N) is 2. The van der Waals surface area contributed by atoms with Crippen molar-refractivity contribution in [2.24, 2.45) is 0 Å². The van der Waals surface area contributed by atoms with Crippen molar-refractivity contribution in [1.82, 2.24) is 14.4 Å². The minimum Gasteiger partial charge on any atom is -0.326 e. The molecular formula is C20H16FN5O4S2. The average molecular weight is 474 g/mol. The van der Waals surface area contributed by atoms with E-state index in [0.717, 1.165) is 17.6 Å². The molecule has 32 heavy (non-hydrogen) atoms. The Morgan fingerprint density at radius 1 is 1.12 bits per heavy atom. The van der Waals surface area contributed by atoms with Crippen molar-refractivity contribution >= 4 is 49.3 Å². The van der Waals surface area contributed by atoms with Crippen molar-refractivity contribution in [3.63, 3.8) is 0 Å². The zero-order valence-corrected chi connectivity index (χ0v) is 18.4. The molecule has 4 aromatic rings. The Morgan fingerprint density at radius 3 is 2.59 bits per heavy atom. The molecule has 0 spiro atoms. The summed E-state index contributed by atoms with van der Waals surface area (Å²) in [6.07, 6.45) is 2.51. The molecule has 0 aliphatic rings. The van der Waals surface area contributed by atoms with Gasteiger partial charge < -0.3 is 5.32 Å². The summed E-state index contributed by atoms with van der Waals surface area (Å²) < 4.78 is 39.9. The molecule has 4 rings (SSSR count). The maximum atomic E-state index is 14.5. The summed E-state index contributed by atoms with van der Waals surface area (Å²) in [5.74, 6) is -1.55. The van der Waals surface area contributed by atoms with Crippen LogP contribution < -0.4 is 10.6 Å². The first-order valence-electron chi connectivity index (χ1n) is 9.15. The second kappa shape index (κ2) is 8.13. The molecule has 0 saturated heterocycles. The van der Waals surface area contributed by atoms with E-state index in [1.807, 2.05) is 0 Å². The lowest BCUT2D eigenvalue weighted by atomic mass is 10.1. The van der Waals surface area contributed by atoms with Crippen LogP contribution >= 0.6 is 11.3 Å². The molecular weight excluding hydrogens is 457 g/mol. The number of carbonyl (C=O) groups excluding carboxylic acids is 2. The first-order chi connectivity index (χ1) is 15.1. The monoisotopic (exact) mass is 473 g/mol. The maximum absolute atomic E-state index is 14.5. The number of hydrogen-bond donors (Lipinski definition) is 2. The third-order valence-electron chi connectivity index (χ3n) is 4.35. The minimum atomic E-state index is -3.67. The van der Waals surface area contributed by atoms with Crippen molar-refractivity contribution < 1.29 is 22.4 Å². The fraction of sp³-hybridized carbons (Fsp3) is 0.100. The van der Waals surface area contributed by atoms with Crippen LogP contribution in [-0.4, -0.2) is 40.9 Å². The number of thiazole rings is 1. The predicted octanol–water partition coefficient (Wildman–Crippen LogP) is 3.21. The highest BCUT2D eigenvalue weighted by atomic mass is 32.2. The highest BCUT2D eigenvalue weighted by Gasteiger charge is 2.23. The van der Waals surface area contributed by atoms with Gasteiger partial charge in [-0.1, -0.05) is 6.07 Å². The van der Waals surface area contributed by atoms with Gasteiger partial charge in [0.15, 0.2) is 10.8 Å². The molecule has 164 valence electrons. The van der Waals surface area contributed by atoms with Gasteiger partial charge in [0.25, 0.3) is 5.91 Å². The Balaban J connectivity index is 1.61. The number of fused-ring (bicyclic) bond motifs is 1. The Bertz CT molecular complexity index is 1480. The van der Waals surface area contributed by atoms with E-state index in [9.17, 15) is 22.4 Å². The summed E-state index contributed by atoms with van der Waals surface area (Å²) >= 11 is 1.08. The number of halogens is 1. The number of benzene rings is 1. The number of pyridine rings is 1. The van der Waals surface area contributed by atoms with Crippen LogP contribution in [0.3, 0.4) is 0 Å². The highest BCUT2D eigenvalue weighted by molar-refractivity contribution is 7.90. The summed E-state index contributed by atoms with van der Waals surface area (Å²) in [4.78, 5) is 32.2. The van der Waals surface area contributed by atoms with Crippen molar-refractivity contribution in [1.29, 1.82) is 0 Å². The molecule has 0 bridgehead atoms. The number of nitrogens with zero attached hydrogens (tertiary/aromatic N) is 3. The Hall–Kier alpha value is -3.64. The standard InChI is InChI=1S/C20H16FN5O4S2/c1-11(27)22-12-6-7-13(14(21)9-12)15-10-31-19(23-15)25-18(28)17-16-5-3-4-8-26(16)20(24-17)32(2,29)30/h3-10H,1-2H3,(H,22,27)(H,23,25,28). The number of carbonyl (C=O) groups is 2. The number of anilines is 2. The van der Waals surface area contributed by atoms with Gasteiger partial charge in [0.05, 0.1) is 11.2 Å². The van der Waals surface area contributed by atoms with E-state index in [1.54, 1.807) is 29.6 Å². The SMILES string of the molecule is CC(=O)Nc1ccc(-c2csc(NC(=O)c3nc(S(C)(=O)=O)n4ccccc34)n2)c(F)c1. The quantitative estimate of drug-likeness (QED) is 0.459. The summed E-state index contributed by atoms with van der Waals surface area (Å²) in [6, 6.07) is 9.07. The van der Waals surface area contributed by atoms with E-state index in [2.05, 4.69) is 20.6 Å². The molecule has 9 nitrogen and oxygen atoms in total. The lowest BCUT2D eigenvalue weighted by molar-refractivity contribution is -0.114. The van der Waals surface area contributed by atoms with Gasteiger partial charge in [-0.15, -0.1) is 11.3 Å². The van der Waals surface area contributed by atoms with Crippen LogP contribution in [0.2, 0.25) is 0 Å². The van der Waals surface area contributed by atoms with Gasteiger partial charge in [-0.2, -0.15) is 0 Å². The molecule has 0 fully saturated rings. The lowest BCUT2D eigenvalue weighted by Gasteiger charge is -2.05. The van der Waals surface area contributed by atoms with Crippen LogP contribution in [0.1, 0.15) is 17.4 Å². The largest absolute Gasteiger partial charge is 0.326 e. The van der Waals surface area contributed by atoms with Crippen molar-refractivity contribution in [2.75, 3.05) is 16.9 Å². The summed E-state index contributed by atoms with van der Waals surface area (Å²) in [5, 5.41) is 6.58. The number of aromatic nitrogens is 3. The van der Waals surface area contributed by atoms with Crippen LogP contribution in [0.5, 0.6) is 0 Å². The first-order valence-corrected chi connectivity index (χ1v) is 11.9. The van der Waals surface area contributed by atoms with Crippen LogP contribution in [0.15, 0.2) is 53.1 Å². The van der Waals surface area contributed by atoms with E-state index in [1.165, 1.54) is 29.7 Å². The predicted molar refractivity (Wildman–Crippen MR) is 118 cm³/mol. The maximum Gasteiger partial charge on any atom is 0.278 e. The normalized spacial score (nSPS) is 11.5. The zero-order valence-electron chi connectivity index (χ0n) is 16.8. The zero-order chi connectivity index (χ0) is 23.0. The molecule has 0 radical (unpaired) electrons. The van der Waals surface area contributed by atoms with E-state index in [4.69, 9.17) is 0 Å². The minimum absolute atomic E-state index is 0.0754. The third-order valence-corrected chi connectivity index (χ3v) is 6.06. The third kappa shape index (κ3) is 4.22. The molecule has 2 N–H and O–H groups in total. The van der Waals surface area contributed by atoms with Crippen molar-refractivity contribution in [2.45, 2.75) is 12.1 Å². The van der Waals surface area contributed by atoms with Gasteiger partial charge >= 0.3 is 0 Å². The summed E-state index contributed by atoms with van der Waals surface area (Å²) in [7, 11) is -3.67. The second-order valence-electron chi connectivity index (χ2n) is 6.84. The summed E-state index contributed by atoms with van der Waals surface area (Å²) in [6.45, 7) is 1.32. The van der Waals surface area contributed by atoms with Crippen molar-refractivity contribution in [3.05, 3.63) is 59.5 Å². The van der Waals surface area contributed by atoms with Gasteiger partial charge in [-0.25, -0.2) is 22.8 Å². The van der Waals surface area contributed by atoms with Crippen LogP contribution in [-0.2, 0) is 14.6 Å². The van der Waals surface area contributed by atoms with E-state index < -0.39 is 21.6 Å². The molecule has 2 amide bonds. The summed E-state index contributed by atoms with van der Waals surface area (Å²) in [5.41, 5.74) is 1.05. The topological polar surface area (TPSA) is 123 Å². The van der Waals surface area contributed by atoms with Gasteiger partial charge in [0.2, 0.25) is 20.9 Å². The first kappa shape index (κ1) is 21.6. The smallest absolute Gasteiger partial charge is 0.278 e. The van der Waals surface area contributed by atoms with Crippen LogP contribution in [0.25, 0.3) is 16.8 Å². The van der Waals surface area contributed by atoms with E-state index in [0.29, 0.717) is 16.9 Å². The van der Waals surface area contributed by atoms with Gasteiger partial charge in [0.1, 0.15) is 5.82 Å². The van der Waals surface area contributed by atoms with Gasteiger partial charge in [-0.3, -0.25) is 19.3 Å². The molecule has 1 aromatic carbocycles. The lowest BCUT2D eigenvalue weighted by Crippen LogP contribution is -2.13. The molecule has 0 unspecified atom stereocenters. The molecule has 0 atom stereocenters. The fourth-order valence-electron chi connectivity index (χ4n) is 3.05. The average Bonchev–Trinajstić information content (AvgIpc) is 3.32. The number of amides is 2. The van der Waals surface area contributed by atoms with Crippen LogP contribution in [0, 0.1) is 5.82 Å². The number of imidazole rings is 1. The van der Waals surface area contributed by atoms with E-state index in [-0.39, 0.29) is 27.5 Å². The molecule has 0 aliphatic heterocycles. The number of sulfone groups is 1. The second-order valence-corrected chi connectivity index (χ2v) is 9.61. The molecule has 0 aliphatic carbocycles. The Morgan fingerprint density at radius 2 is 1.91 bits per heavy atom. The Labute approximate surface area is 185 Å². The van der Waals surface area contributed by atoms with Crippen LogP contribution in [0.4, 0.5) is 15.2 Å².